The maximum absolute atomic E-state index is 11.6. The van der Waals surface area contributed by atoms with Crippen molar-refractivity contribution in [2.75, 3.05) is 13.2 Å². The molecule has 0 radical (unpaired) electrons. The standard InChI is InChI=1S/C13H14O3/c1-2-16-13(14)12-7-10-5-3-4-6-11(10)8-15-9-12/h3-7H,2,8-9H2,1H3. The normalized spacial score (nSPS) is 14.7. The van der Waals surface area contributed by atoms with Crippen LogP contribution in [0.25, 0.3) is 6.08 Å². The van der Waals surface area contributed by atoms with Crippen LogP contribution in [0.2, 0.25) is 0 Å². The van der Waals surface area contributed by atoms with Crippen LogP contribution < -0.4 is 0 Å². The topological polar surface area (TPSA) is 35.5 Å². The van der Waals surface area contributed by atoms with E-state index in [2.05, 4.69) is 0 Å². The molecular weight excluding hydrogens is 204 g/mol. The molecule has 1 aromatic carbocycles. The summed E-state index contributed by atoms with van der Waals surface area (Å²) < 4.78 is 10.4. The lowest BCUT2D eigenvalue weighted by Crippen LogP contribution is -2.11. The molecule has 3 heteroatoms. The number of hydrogen-bond donors (Lipinski definition) is 0. The molecule has 1 aromatic rings. The highest BCUT2D eigenvalue weighted by Crippen LogP contribution is 2.19. The summed E-state index contributed by atoms with van der Waals surface area (Å²) in [5.74, 6) is -0.292. The lowest BCUT2D eigenvalue weighted by molar-refractivity contribution is -0.139. The van der Waals surface area contributed by atoms with Gasteiger partial charge in [-0.3, -0.25) is 0 Å². The molecule has 0 bridgehead atoms. The van der Waals surface area contributed by atoms with E-state index in [1.807, 2.05) is 30.3 Å². The molecule has 84 valence electrons. The average Bonchev–Trinajstić information content (AvgIpc) is 2.51. The van der Waals surface area contributed by atoms with Crippen molar-refractivity contribution in [2.24, 2.45) is 0 Å². The number of fused-ring (bicyclic) bond motifs is 1. The molecule has 3 nitrogen and oxygen atoms in total. The van der Waals surface area contributed by atoms with Gasteiger partial charge in [0.1, 0.15) is 0 Å². The predicted octanol–water partition coefficient (Wildman–Crippen LogP) is 2.16. The predicted molar refractivity (Wildman–Crippen MR) is 60.7 cm³/mol. The largest absolute Gasteiger partial charge is 0.463 e. The number of carbonyl (C=O) groups excluding carboxylic acids is 1. The van der Waals surface area contributed by atoms with Crippen molar-refractivity contribution in [1.29, 1.82) is 0 Å². The van der Waals surface area contributed by atoms with E-state index in [9.17, 15) is 4.79 Å². The van der Waals surface area contributed by atoms with Gasteiger partial charge in [-0.05, 0) is 24.1 Å². The lowest BCUT2D eigenvalue weighted by atomic mass is 10.1. The first kappa shape index (κ1) is 10.9. The van der Waals surface area contributed by atoms with Crippen LogP contribution in [0, 0.1) is 0 Å². The first-order chi connectivity index (χ1) is 7.81. The van der Waals surface area contributed by atoms with Crippen LogP contribution in [-0.2, 0) is 20.9 Å². The summed E-state index contributed by atoms with van der Waals surface area (Å²) in [4.78, 5) is 11.6. The van der Waals surface area contributed by atoms with Gasteiger partial charge in [-0.15, -0.1) is 0 Å². The van der Waals surface area contributed by atoms with Crippen molar-refractivity contribution in [1.82, 2.24) is 0 Å². The van der Waals surface area contributed by atoms with Crippen molar-refractivity contribution < 1.29 is 14.3 Å². The number of carbonyl (C=O) groups is 1. The summed E-state index contributed by atoms with van der Waals surface area (Å²) in [7, 11) is 0. The SMILES string of the molecule is CCOC(=O)C1=Cc2ccccc2COC1. The fraction of sp³-hybridized carbons (Fsp3) is 0.308. The molecule has 1 aliphatic rings. The first-order valence-electron chi connectivity index (χ1n) is 5.34. The van der Waals surface area contributed by atoms with Gasteiger partial charge in [-0.1, -0.05) is 24.3 Å². The van der Waals surface area contributed by atoms with Crippen LogP contribution in [-0.4, -0.2) is 19.2 Å². The second-order valence-electron chi connectivity index (χ2n) is 3.58. The number of hydrogen-bond acceptors (Lipinski definition) is 3. The van der Waals surface area contributed by atoms with E-state index in [-0.39, 0.29) is 5.97 Å². The van der Waals surface area contributed by atoms with Gasteiger partial charge in [0, 0.05) is 0 Å². The van der Waals surface area contributed by atoms with Crippen molar-refractivity contribution in [3.05, 3.63) is 41.0 Å². The van der Waals surface area contributed by atoms with E-state index >= 15 is 0 Å². The van der Waals surface area contributed by atoms with Crippen LogP contribution in [0.5, 0.6) is 0 Å². The van der Waals surface area contributed by atoms with E-state index in [1.165, 1.54) is 0 Å². The summed E-state index contributed by atoms with van der Waals surface area (Å²) in [6.07, 6.45) is 1.85. The third-order valence-corrected chi connectivity index (χ3v) is 2.44. The Morgan fingerprint density at radius 3 is 3.00 bits per heavy atom. The summed E-state index contributed by atoms with van der Waals surface area (Å²) in [6, 6.07) is 7.89. The molecular formula is C13H14O3. The Morgan fingerprint density at radius 2 is 2.19 bits per heavy atom. The second-order valence-corrected chi connectivity index (χ2v) is 3.58. The first-order valence-corrected chi connectivity index (χ1v) is 5.34. The second kappa shape index (κ2) is 4.94. The van der Waals surface area contributed by atoms with E-state index in [0.717, 1.165) is 11.1 Å². The Morgan fingerprint density at radius 1 is 1.38 bits per heavy atom. The zero-order valence-corrected chi connectivity index (χ0v) is 9.23. The fourth-order valence-electron chi connectivity index (χ4n) is 1.65. The molecule has 0 N–H and O–H groups in total. The van der Waals surface area contributed by atoms with Crippen LogP contribution in [0.4, 0.5) is 0 Å². The minimum Gasteiger partial charge on any atom is -0.463 e. The van der Waals surface area contributed by atoms with E-state index in [0.29, 0.717) is 25.4 Å². The van der Waals surface area contributed by atoms with Gasteiger partial charge in [-0.25, -0.2) is 4.79 Å². The molecule has 0 aromatic heterocycles. The maximum atomic E-state index is 11.6. The molecule has 0 unspecified atom stereocenters. The Balaban J connectivity index is 2.29. The monoisotopic (exact) mass is 218 g/mol. The zero-order chi connectivity index (χ0) is 11.4. The van der Waals surface area contributed by atoms with Crippen molar-refractivity contribution in [3.8, 4) is 0 Å². The number of benzene rings is 1. The van der Waals surface area contributed by atoms with E-state index in [4.69, 9.17) is 9.47 Å². The molecule has 1 heterocycles. The number of ether oxygens (including phenoxy) is 2. The maximum Gasteiger partial charge on any atom is 0.336 e. The highest BCUT2D eigenvalue weighted by molar-refractivity contribution is 5.94. The van der Waals surface area contributed by atoms with Gasteiger partial charge in [0.05, 0.1) is 25.4 Å². The van der Waals surface area contributed by atoms with Gasteiger partial charge in [0.25, 0.3) is 0 Å². The molecule has 1 aliphatic heterocycles. The third-order valence-electron chi connectivity index (χ3n) is 2.44. The summed E-state index contributed by atoms with van der Waals surface area (Å²) in [5.41, 5.74) is 2.71. The Kier molecular flexibility index (Phi) is 3.37. The van der Waals surface area contributed by atoms with Gasteiger partial charge in [-0.2, -0.15) is 0 Å². The average molecular weight is 218 g/mol. The fourth-order valence-corrected chi connectivity index (χ4v) is 1.65. The van der Waals surface area contributed by atoms with Gasteiger partial charge >= 0.3 is 5.97 Å². The van der Waals surface area contributed by atoms with Crippen LogP contribution >= 0.6 is 0 Å². The minimum absolute atomic E-state index is 0.292. The molecule has 2 rings (SSSR count). The molecule has 0 fully saturated rings. The Bertz CT molecular complexity index is 421. The summed E-state index contributed by atoms with van der Waals surface area (Å²) in [5, 5.41) is 0. The Labute approximate surface area is 94.7 Å². The lowest BCUT2D eigenvalue weighted by Gasteiger charge is -2.04. The number of esters is 1. The molecule has 0 atom stereocenters. The van der Waals surface area contributed by atoms with Crippen LogP contribution in [0.15, 0.2) is 29.8 Å². The number of rotatable bonds is 2. The Hall–Kier alpha value is -1.61. The zero-order valence-electron chi connectivity index (χ0n) is 9.23. The molecule has 0 saturated carbocycles. The quantitative estimate of drug-likeness (QED) is 0.713. The summed E-state index contributed by atoms with van der Waals surface area (Å²) >= 11 is 0. The molecule has 16 heavy (non-hydrogen) atoms. The highest BCUT2D eigenvalue weighted by atomic mass is 16.5. The van der Waals surface area contributed by atoms with Crippen molar-refractivity contribution >= 4 is 12.0 Å². The van der Waals surface area contributed by atoms with Crippen molar-refractivity contribution in [2.45, 2.75) is 13.5 Å². The highest BCUT2D eigenvalue weighted by Gasteiger charge is 2.15. The van der Waals surface area contributed by atoms with Crippen LogP contribution in [0.1, 0.15) is 18.1 Å². The van der Waals surface area contributed by atoms with Gasteiger partial charge < -0.3 is 9.47 Å². The summed E-state index contributed by atoms with van der Waals surface area (Å²) in [6.45, 7) is 3.03. The third kappa shape index (κ3) is 2.31. The van der Waals surface area contributed by atoms with Gasteiger partial charge in [0.2, 0.25) is 0 Å². The minimum atomic E-state index is -0.292. The van der Waals surface area contributed by atoms with Crippen LogP contribution in [0.3, 0.4) is 0 Å². The van der Waals surface area contributed by atoms with E-state index in [1.54, 1.807) is 6.92 Å². The van der Waals surface area contributed by atoms with E-state index < -0.39 is 0 Å². The molecule has 0 saturated heterocycles. The van der Waals surface area contributed by atoms with Crippen molar-refractivity contribution in [3.63, 3.8) is 0 Å². The smallest absolute Gasteiger partial charge is 0.336 e. The van der Waals surface area contributed by atoms with Gasteiger partial charge in [0.15, 0.2) is 0 Å². The molecule has 0 spiro atoms. The molecule has 0 aliphatic carbocycles. The molecule has 0 amide bonds.